The highest BCUT2D eigenvalue weighted by Crippen LogP contribution is 2.40. The molecule has 0 spiro atoms. The van der Waals surface area contributed by atoms with Gasteiger partial charge in [0.05, 0.1) is 17.1 Å². The highest BCUT2D eigenvalue weighted by molar-refractivity contribution is 6.05. The van der Waals surface area contributed by atoms with Crippen molar-refractivity contribution in [2.75, 3.05) is 13.1 Å². The van der Waals surface area contributed by atoms with Crippen LogP contribution in [-0.4, -0.2) is 38.7 Å². The number of pyridine rings is 1. The number of carbonyl (C=O) groups excluding carboxylic acids is 1. The van der Waals surface area contributed by atoms with Crippen molar-refractivity contribution >= 4 is 22.5 Å². The van der Waals surface area contributed by atoms with E-state index in [1.807, 2.05) is 21.7 Å². The van der Waals surface area contributed by atoms with Gasteiger partial charge in [-0.25, -0.2) is 9.67 Å². The number of rotatable bonds is 4. The van der Waals surface area contributed by atoms with Gasteiger partial charge in [0, 0.05) is 30.7 Å². The van der Waals surface area contributed by atoms with E-state index in [9.17, 15) is 4.79 Å². The first kappa shape index (κ1) is 18.1. The molecule has 0 N–H and O–H groups in total. The summed E-state index contributed by atoms with van der Waals surface area (Å²) in [4.78, 5) is 20.3. The predicted molar refractivity (Wildman–Crippen MR) is 115 cm³/mol. The Labute approximate surface area is 171 Å². The first-order valence-corrected chi connectivity index (χ1v) is 10.5. The SMILES string of the molecule is CC(C)n1ncc2c(C(=O)N3CC=C(c4ccccc4)CC3)cc(C3CC3)nc21. The fourth-order valence-corrected chi connectivity index (χ4v) is 4.12. The van der Waals surface area contributed by atoms with Crippen molar-refractivity contribution in [2.45, 2.75) is 45.1 Å². The van der Waals surface area contributed by atoms with E-state index in [0.29, 0.717) is 12.5 Å². The second kappa shape index (κ2) is 7.14. The second-order valence-corrected chi connectivity index (χ2v) is 8.39. The maximum absolute atomic E-state index is 13.5. The number of hydrogen-bond acceptors (Lipinski definition) is 3. The zero-order valence-corrected chi connectivity index (χ0v) is 17.0. The Morgan fingerprint density at radius 3 is 2.62 bits per heavy atom. The number of nitrogens with zero attached hydrogens (tertiary/aromatic N) is 4. The van der Waals surface area contributed by atoms with E-state index in [0.717, 1.165) is 48.1 Å². The molecular formula is C24H26N4O. The van der Waals surface area contributed by atoms with Crippen LogP contribution in [-0.2, 0) is 0 Å². The van der Waals surface area contributed by atoms with Gasteiger partial charge in [-0.05, 0) is 50.3 Å². The molecule has 5 rings (SSSR count). The summed E-state index contributed by atoms with van der Waals surface area (Å²) in [6, 6.07) is 12.7. The number of fused-ring (bicyclic) bond motifs is 1. The molecule has 0 atom stereocenters. The van der Waals surface area contributed by atoms with E-state index in [1.54, 1.807) is 6.20 Å². The molecule has 148 valence electrons. The lowest BCUT2D eigenvalue weighted by molar-refractivity contribution is 0.0774. The summed E-state index contributed by atoms with van der Waals surface area (Å²) < 4.78 is 1.93. The molecule has 1 aliphatic heterocycles. The van der Waals surface area contributed by atoms with Crippen molar-refractivity contribution < 1.29 is 4.79 Å². The Bertz CT molecular complexity index is 1090. The third-order valence-electron chi connectivity index (χ3n) is 5.94. The quantitative estimate of drug-likeness (QED) is 0.646. The normalized spacial score (nSPS) is 17.1. The Morgan fingerprint density at radius 2 is 1.97 bits per heavy atom. The monoisotopic (exact) mass is 386 g/mol. The molecule has 0 saturated heterocycles. The van der Waals surface area contributed by atoms with E-state index in [2.05, 4.69) is 49.3 Å². The predicted octanol–water partition coefficient (Wildman–Crippen LogP) is 4.82. The first-order valence-electron chi connectivity index (χ1n) is 10.5. The molecular weight excluding hydrogens is 360 g/mol. The van der Waals surface area contributed by atoms with Gasteiger partial charge in [0.25, 0.3) is 5.91 Å². The molecule has 29 heavy (non-hydrogen) atoms. The molecule has 5 heteroatoms. The minimum absolute atomic E-state index is 0.0889. The van der Waals surface area contributed by atoms with Crippen molar-refractivity contribution in [1.82, 2.24) is 19.7 Å². The number of carbonyl (C=O) groups is 1. The smallest absolute Gasteiger partial charge is 0.255 e. The average Bonchev–Trinajstić information content (AvgIpc) is 3.52. The van der Waals surface area contributed by atoms with E-state index in [1.165, 1.54) is 11.1 Å². The number of amides is 1. The minimum atomic E-state index is 0.0889. The third-order valence-corrected chi connectivity index (χ3v) is 5.94. The van der Waals surface area contributed by atoms with Crippen molar-refractivity contribution in [2.24, 2.45) is 0 Å². The summed E-state index contributed by atoms with van der Waals surface area (Å²) in [5.74, 6) is 0.582. The Morgan fingerprint density at radius 1 is 1.17 bits per heavy atom. The molecule has 2 aliphatic rings. The van der Waals surface area contributed by atoms with E-state index >= 15 is 0 Å². The highest BCUT2D eigenvalue weighted by Gasteiger charge is 2.29. The molecule has 0 bridgehead atoms. The van der Waals surface area contributed by atoms with Crippen LogP contribution in [0.25, 0.3) is 16.6 Å². The summed E-state index contributed by atoms with van der Waals surface area (Å²) in [5, 5.41) is 5.39. The van der Waals surface area contributed by atoms with Gasteiger partial charge < -0.3 is 4.90 Å². The number of benzene rings is 1. The van der Waals surface area contributed by atoms with E-state index in [-0.39, 0.29) is 11.9 Å². The lowest BCUT2D eigenvalue weighted by Gasteiger charge is -2.27. The van der Waals surface area contributed by atoms with Gasteiger partial charge in [-0.2, -0.15) is 5.10 Å². The first-order chi connectivity index (χ1) is 14.1. The zero-order valence-electron chi connectivity index (χ0n) is 17.0. The highest BCUT2D eigenvalue weighted by atomic mass is 16.2. The van der Waals surface area contributed by atoms with Crippen LogP contribution in [0.4, 0.5) is 0 Å². The second-order valence-electron chi connectivity index (χ2n) is 8.39. The molecule has 1 amide bonds. The summed E-state index contributed by atoms with van der Waals surface area (Å²) >= 11 is 0. The van der Waals surface area contributed by atoms with Gasteiger partial charge in [0.2, 0.25) is 0 Å². The molecule has 1 saturated carbocycles. The van der Waals surface area contributed by atoms with Crippen LogP contribution in [0.1, 0.15) is 66.7 Å². The summed E-state index contributed by atoms with van der Waals surface area (Å²) in [5.41, 5.74) is 5.20. The Hall–Kier alpha value is -2.95. The van der Waals surface area contributed by atoms with Crippen LogP contribution in [0.5, 0.6) is 0 Å². The molecule has 5 nitrogen and oxygen atoms in total. The molecule has 3 heterocycles. The van der Waals surface area contributed by atoms with E-state index in [4.69, 9.17) is 4.98 Å². The van der Waals surface area contributed by atoms with Crippen LogP contribution in [0.3, 0.4) is 0 Å². The van der Waals surface area contributed by atoms with Crippen LogP contribution >= 0.6 is 0 Å². The molecule has 1 aliphatic carbocycles. The zero-order chi connectivity index (χ0) is 20.0. The minimum Gasteiger partial charge on any atom is -0.335 e. The molecule has 1 fully saturated rings. The molecule has 0 radical (unpaired) electrons. The topological polar surface area (TPSA) is 51.0 Å². The lowest BCUT2D eigenvalue weighted by atomic mass is 9.99. The van der Waals surface area contributed by atoms with Gasteiger partial charge in [0.1, 0.15) is 0 Å². The fourth-order valence-electron chi connectivity index (χ4n) is 4.12. The molecule has 2 aromatic heterocycles. The van der Waals surface area contributed by atoms with Crippen LogP contribution in [0.15, 0.2) is 48.7 Å². The lowest BCUT2D eigenvalue weighted by Crippen LogP contribution is -2.34. The van der Waals surface area contributed by atoms with Crippen molar-refractivity contribution in [3.8, 4) is 0 Å². The van der Waals surface area contributed by atoms with Crippen molar-refractivity contribution in [3.05, 3.63) is 65.5 Å². The van der Waals surface area contributed by atoms with Crippen molar-refractivity contribution in [3.63, 3.8) is 0 Å². The largest absolute Gasteiger partial charge is 0.335 e. The number of hydrogen-bond donors (Lipinski definition) is 0. The summed E-state index contributed by atoms with van der Waals surface area (Å²) in [7, 11) is 0. The van der Waals surface area contributed by atoms with Crippen LogP contribution < -0.4 is 0 Å². The number of aromatic nitrogens is 3. The summed E-state index contributed by atoms with van der Waals surface area (Å²) in [6.45, 7) is 5.57. The van der Waals surface area contributed by atoms with Gasteiger partial charge in [-0.1, -0.05) is 36.4 Å². The van der Waals surface area contributed by atoms with Crippen LogP contribution in [0.2, 0.25) is 0 Å². The van der Waals surface area contributed by atoms with E-state index < -0.39 is 0 Å². The van der Waals surface area contributed by atoms with Gasteiger partial charge in [-0.15, -0.1) is 0 Å². The maximum atomic E-state index is 13.5. The Kier molecular flexibility index (Phi) is 4.46. The molecule has 1 aromatic carbocycles. The summed E-state index contributed by atoms with van der Waals surface area (Å²) in [6.07, 6.45) is 7.20. The average molecular weight is 386 g/mol. The van der Waals surface area contributed by atoms with Crippen molar-refractivity contribution in [1.29, 1.82) is 0 Å². The van der Waals surface area contributed by atoms with Gasteiger partial charge in [-0.3, -0.25) is 4.79 Å². The Balaban J connectivity index is 1.48. The molecule has 3 aromatic rings. The van der Waals surface area contributed by atoms with Gasteiger partial charge in [0.15, 0.2) is 5.65 Å². The third kappa shape index (κ3) is 3.35. The van der Waals surface area contributed by atoms with Crippen LogP contribution in [0, 0.1) is 0 Å². The molecule has 0 unspecified atom stereocenters. The standard InChI is InChI=1S/C24H26N4O/c1-16(2)28-23-21(15-25-28)20(14-22(26-23)19-8-9-19)24(29)27-12-10-18(11-13-27)17-6-4-3-5-7-17/h3-7,10,14-16,19H,8-9,11-13H2,1-2H3. The fraction of sp³-hybridized carbons (Fsp3) is 0.375. The van der Waals surface area contributed by atoms with Gasteiger partial charge >= 0.3 is 0 Å². The maximum Gasteiger partial charge on any atom is 0.255 e.